The summed E-state index contributed by atoms with van der Waals surface area (Å²) in [5, 5.41) is 0. The Kier molecular flexibility index (Phi) is 4.81. The molecule has 4 nitrogen and oxygen atoms in total. The SMILES string of the molecule is CCOc1ccc(C=C2N=C(c3ccc(C)cc3)OC2=O)cc1Br. The highest BCUT2D eigenvalue weighted by Crippen LogP contribution is 2.28. The number of rotatable bonds is 4. The molecule has 0 unspecified atom stereocenters. The third-order valence-corrected chi connectivity index (χ3v) is 4.10. The monoisotopic (exact) mass is 385 g/mol. The van der Waals surface area contributed by atoms with E-state index >= 15 is 0 Å². The Morgan fingerprint density at radius 3 is 2.62 bits per heavy atom. The van der Waals surface area contributed by atoms with Crippen LogP contribution in [-0.4, -0.2) is 18.5 Å². The molecule has 0 radical (unpaired) electrons. The molecule has 0 amide bonds. The second-order valence-corrected chi connectivity index (χ2v) is 6.18. The van der Waals surface area contributed by atoms with Gasteiger partial charge in [-0.2, -0.15) is 0 Å². The number of aliphatic imine (C=N–C) groups is 1. The maximum absolute atomic E-state index is 12.0. The van der Waals surface area contributed by atoms with Crippen molar-refractivity contribution in [3.05, 3.63) is 69.3 Å². The van der Waals surface area contributed by atoms with Crippen molar-refractivity contribution in [2.75, 3.05) is 6.61 Å². The van der Waals surface area contributed by atoms with Gasteiger partial charge in [-0.15, -0.1) is 0 Å². The third kappa shape index (κ3) is 3.57. The second kappa shape index (κ2) is 7.01. The molecule has 0 N–H and O–H groups in total. The Morgan fingerprint density at radius 1 is 1.21 bits per heavy atom. The van der Waals surface area contributed by atoms with Gasteiger partial charge in [0.15, 0.2) is 5.70 Å². The van der Waals surface area contributed by atoms with Crippen molar-refractivity contribution >= 4 is 33.9 Å². The molecular weight excluding hydrogens is 370 g/mol. The molecule has 1 heterocycles. The molecule has 122 valence electrons. The van der Waals surface area contributed by atoms with Gasteiger partial charge in [-0.05, 0) is 65.7 Å². The zero-order chi connectivity index (χ0) is 17.1. The minimum atomic E-state index is -0.449. The number of aryl methyl sites for hydroxylation is 1. The first-order valence-corrected chi connectivity index (χ1v) is 8.38. The van der Waals surface area contributed by atoms with E-state index in [1.807, 2.05) is 56.3 Å². The molecule has 3 rings (SSSR count). The van der Waals surface area contributed by atoms with Crippen LogP contribution in [0.15, 0.2) is 57.6 Å². The van der Waals surface area contributed by atoms with Gasteiger partial charge in [-0.3, -0.25) is 0 Å². The van der Waals surface area contributed by atoms with Crippen molar-refractivity contribution in [2.45, 2.75) is 13.8 Å². The first-order chi connectivity index (χ1) is 11.6. The number of benzene rings is 2. The Bertz CT molecular complexity index is 838. The van der Waals surface area contributed by atoms with E-state index in [1.54, 1.807) is 6.08 Å². The molecule has 0 aliphatic carbocycles. The van der Waals surface area contributed by atoms with E-state index in [0.29, 0.717) is 12.5 Å². The minimum absolute atomic E-state index is 0.279. The summed E-state index contributed by atoms with van der Waals surface area (Å²) < 4.78 is 11.6. The van der Waals surface area contributed by atoms with E-state index in [1.165, 1.54) is 0 Å². The van der Waals surface area contributed by atoms with E-state index in [9.17, 15) is 4.79 Å². The highest BCUT2D eigenvalue weighted by molar-refractivity contribution is 9.10. The highest BCUT2D eigenvalue weighted by Gasteiger charge is 2.24. The minimum Gasteiger partial charge on any atom is -0.493 e. The molecule has 0 saturated heterocycles. The quantitative estimate of drug-likeness (QED) is 0.574. The number of carbonyl (C=O) groups is 1. The van der Waals surface area contributed by atoms with Crippen molar-refractivity contribution in [3.63, 3.8) is 0 Å². The van der Waals surface area contributed by atoms with Crippen LogP contribution in [0.5, 0.6) is 5.75 Å². The van der Waals surface area contributed by atoms with Crippen LogP contribution in [0.4, 0.5) is 0 Å². The van der Waals surface area contributed by atoms with Crippen LogP contribution in [0.3, 0.4) is 0 Å². The summed E-state index contributed by atoms with van der Waals surface area (Å²) in [5.74, 6) is 0.643. The lowest BCUT2D eigenvalue weighted by Gasteiger charge is -2.06. The summed E-state index contributed by atoms with van der Waals surface area (Å²) in [6.45, 7) is 4.52. The lowest BCUT2D eigenvalue weighted by Crippen LogP contribution is -2.05. The van der Waals surface area contributed by atoms with Crippen LogP contribution in [0.2, 0.25) is 0 Å². The summed E-state index contributed by atoms with van der Waals surface area (Å²) in [6, 6.07) is 13.3. The Hall–Kier alpha value is -2.40. The van der Waals surface area contributed by atoms with E-state index in [4.69, 9.17) is 9.47 Å². The lowest BCUT2D eigenvalue weighted by atomic mass is 10.1. The van der Waals surface area contributed by atoms with E-state index < -0.39 is 5.97 Å². The molecule has 0 aromatic heterocycles. The molecular formula is C19H16BrNO3. The van der Waals surface area contributed by atoms with Gasteiger partial charge in [-0.25, -0.2) is 9.79 Å². The summed E-state index contributed by atoms with van der Waals surface area (Å²) in [7, 11) is 0. The molecule has 2 aromatic carbocycles. The molecule has 0 bridgehead atoms. The van der Waals surface area contributed by atoms with Gasteiger partial charge in [0.05, 0.1) is 11.1 Å². The van der Waals surface area contributed by atoms with Gasteiger partial charge in [0.2, 0.25) is 5.90 Å². The zero-order valence-corrected chi connectivity index (χ0v) is 15.0. The number of ether oxygens (including phenoxy) is 2. The lowest BCUT2D eigenvalue weighted by molar-refractivity contribution is -0.129. The maximum Gasteiger partial charge on any atom is 0.363 e. The van der Waals surface area contributed by atoms with Crippen molar-refractivity contribution in [1.29, 1.82) is 0 Å². The second-order valence-electron chi connectivity index (χ2n) is 5.32. The summed E-state index contributed by atoms with van der Waals surface area (Å²) in [6.07, 6.45) is 1.70. The molecule has 1 aliphatic rings. The molecule has 0 spiro atoms. The highest BCUT2D eigenvalue weighted by atomic mass is 79.9. The van der Waals surface area contributed by atoms with Gasteiger partial charge in [0.1, 0.15) is 5.75 Å². The molecule has 0 fully saturated rings. The van der Waals surface area contributed by atoms with Crippen LogP contribution in [0.25, 0.3) is 6.08 Å². The van der Waals surface area contributed by atoms with Gasteiger partial charge < -0.3 is 9.47 Å². The first kappa shape index (κ1) is 16.5. The Morgan fingerprint density at radius 2 is 1.96 bits per heavy atom. The third-order valence-electron chi connectivity index (χ3n) is 3.48. The van der Waals surface area contributed by atoms with Gasteiger partial charge in [-0.1, -0.05) is 23.8 Å². The van der Waals surface area contributed by atoms with Crippen molar-refractivity contribution in [1.82, 2.24) is 0 Å². The Balaban J connectivity index is 1.88. The number of esters is 1. The fourth-order valence-corrected chi connectivity index (χ4v) is 2.78. The standard InChI is InChI=1S/C19H16BrNO3/c1-3-23-17-9-6-13(10-15(17)20)11-16-19(22)24-18(21-16)14-7-4-12(2)5-8-14/h4-11H,3H2,1-2H3. The number of hydrogen-bond donors (Lipinski definition) is 0. The van der Waals surface area contributed by atoms with Crippen LogP contribution >= 0.6 is 15.9 Å². The fourth-order valence-electron chi connectivity index (χ4n) is 2.27. The predicted molar refractivity (Wildman–Crippen MR) is 97.1 cm³/mol. The Labute approximate surface area is 148 Å². The molecule has 2 aromatic rings. The number of hydrogen-bond acceptors (Lipinski definition) is 4. The topological polar surface area (TPSA) is 47.9 Å². The van der Waals surface area contributed by atoms with Crippen LogP contribution < -0.4 is 4.74 Å². The number of halogens is 1. The van der Waals surface area contributed by atoms with E-state index in [-0.39, 0.29) is 5.70 Å². The fraction of sp³-hybridized carbons (Fsp3) is 0.158. The average Bonchev–Trinajstić information content (AvgIpc) is 2.92. The largest absolute Gasteiger partial charge is 0.493 e. The van der Waals surface area contributed by atoms with E-state index in [0.717, 1.165) is 26.9 Å². The van der Waals surface area contributed by atoms with Gasteiger partial charge in [0, 0.05) is 5.56 Å². The molecule has 0 atom stereocenters. The summed E-state index contributed by atoms with van der Waals surface area (Å²) in [5.41, 5.74) is 3.04. The molecule has 1 aliphatic heterocycles. The summed E-state index contributed by atoms with van der Waals surface area (Å²) in [4.78, 5) is 16.4. The van der Waals surface area contributed by atoms with Gasteiger partial charge >= 0.3 is 5.97 Å². The van der Waals surface area contributed by atoms with E-state index in [2.05, 4.69) is 20.9 Å². The van der Waals surface area contributed by atoms with Crippen LogP contribution in [0, 0.1) is 6.92 Å². The normalized spacial score (nSPS) is 15.4. The molecule has 0 saturated carbocycles. The van der Waals surface area contributed by atoms with Gasteiger partial charge in [0.25, 0.3) is 0 Å². The van der Waals surface area contributed by atoms with Crippen molar-refractivity contribution in [3.8, 4) is 5.75 Å². The molecule has 5 heteroatoms. The van der Waals surface area contributed by atoms with Crippen molar-refractivity contribution < 1.29 is 14.3 Å². The van der Waals surface area contributed by atoms with Crippen LogP contribution in [-0.2, 0) is 9.53 Å². The zero-order valence-electron chi connectivity index (χ0n) is 13.4. The predicted octanol–water partition coefficient (Wildman–Crippen LogP) is 4.50. The first-order valence-electron chi connectivity index (χ1n) is 7.59. The smallest absolute Gasteiger partial charge is 0.363 e. The molecule has 24 heavy (non-hydrogen) atoms. The average molecular weight is 386 g/mol. The van der Waals surface area contributed by atoms with Crippen molar-refractivity contribution in [2.24, 2.45) is 4.99 Å². The number of nitrogens with zero attached hydrogens (tertiary/aromatic N) is 1. The maximum atomic E-state index is 12.0. The number of cyclic esters (lactones) is 1. The van der Waals surface area contributed by atoms with Crippen LogP contribution in [0.1, 0.15) is 23.6 Å². The number of carbonyl (C=O) groups excluding carboxylic acids is 1. The summed E-state index contributed by atoms with van der Waals surface area (Å²) >= 11 is 3.46.